The summed E-state index contributed by atoms with van der Waals surface area (Å²) in [6.45, 7) is -2.89. The van der Waals surface area contributed by atoms with Crippen LogP contribution in [0.25, 0.3) is 24.0 Å². The second-order valence-electron chi connectivity index (χ2n) is 24.1. The Balaban J connectivity index is 0.811. The first-order valence-electron chi connectivity index (χ1n) is 31.7. The number of ether oxygens (including phenoxy) is 13. The molecule has 104 heavy (non-hydrogen) atoms. The molecule has 0 aliphatic carbocycles. The van der Waals surface area contributed by atoms with Crippen molar-refractivity contribution in [3.05, 3.63) is 155 Å². The van der Waals surface area contributed by atoms with Gasteiger partial charge in [-0.1, -0.05) is 36.4 Å². The molecule has 35 nitrogen and oxygen atoms in total. The number of carbonyl (C=O) groups excluding carboxylic acids is 4. The van der Waals surface area contributed by atoms with Gasteiger partial charge >= 0.3 is 29.8 Å². The Morgan fingerprint density at radius 1 is 0.404 bits per heavy atom. The summed E-state index contributed by atoms with van der Waals surface area (Å²) < 4.78 is 73.5. The number of carboxylic acids is 1. The highest BCUT2D eigenvalue weighted by Gasteiger charge is 2.50. The predicted molar refractivity (Wildman–Crippen MR) is 343 cm³/mol. The maximum absolute atomic E-state index is 13.1. The number of fused-ring (bicyclic) bond motifs is 1. The van der Waals surface area contributed by atoms with Crippen LogP contribution in [0.4, 0.5) is 0 Å². The number of esters is 4. The number of phenolic OH excluding ortho intramolecular Hbond substituents is 4. The van der Waals surface area contributed by atoms with Crippen molar-refractivity contribution >= 4 is 53.8 Å². The molecule has 0 saturated carbocycles. The first-order valence-corrected chi connectivity index (χ1v) is 31.7. The monoisotopic (exact) mass is 1460 g/mol. The summed E-state index contributed by atoms with van der Waals surface area (Å²) in [7, 11) is 0. The van der Waals surface area contributed by atoms with E-state index in [-0.39, 0.29) is 45.6 Å². The third-order valence-electron chi connectivity index (χ3n) is 16.6. The van der Waals surface area contributed by atoms with Crippen LogP contribution in [0.15, 0.2) is 127 Å². The van der Waals surface area contributed by atoms with E-state index in [9.17, 15) is 106 Å². The molecule has 5 aromatic carbocycles. The number of carbonyl (C=O) groups is 5. The highest BCUT2D eigenvalue weighted by molar-refractivity contribution is 5.90. The zero-order valence-electron chi connectivity index (χ0n) is 54.0. The van der Waals surface area contributed by atoms with Gasteiger partial charge < -0.3 is 148 Å². The summed E-state index contributed by atoms with van der Waals surface area (Å²) in [5, 5.41) is 182. The van der Waals surface area contributed by atoms with Gasteiger partial charge in [-0.3, -0.25) is 9.59 Å². The van der Waals surface area contributed by atoms with Crippen molar-refractivity contribution in [3.8, 4) is 46.0 Å². The first kappa shape index (κ1) is 76.6. The lowest BCUT2D eigenvalue weighted by Crippen LogP contribution is -2.60. The van der Waals surface area contributed by atoms with E-state index in [1.165, 1.54) is 85.0 Å². The van der Waals surface area contributed by atoms with Gasteiger partial charge in [-0.15, -0.1) is 0 Å². The van der Waals surface area contributed by atoms with Crippen molar-refractivity contribution in [1.29, 1.82) is 0 Å². The fraction of sp³-hybridized carbons (Fsp3) is 0.377. The Hall–Kier alpha value is -10.0. The first-order chi connectivity index (χ1) is 49.6. The van der Waals surface area contributed by atoms with E-state index < -0.39 is 215 Å². The van der Waals surface area contributed by atoms with Gasteiger partial charge in [0.15, 0.2) is 17.3 Å². The molecule has 0 radical (unpaired) electrons. The summed E-state index contributed by atoms with van der Waals surface area (Å²) >= 11 is 0. The van der Waals surface area contributed by atoms with E-state index in [0.29, 0.717) is 16.7 Å². The van der Waals surface area contributed by atoms with Crippen LogP contribution in [0.1, 0.15) is 34.2 Å². The molecule has 0 bridgehead atoms. The summed E-state index contributed by atoms with van der Waals surface area (Å²) in [6.07, 6.45) is -31.3. The molecular formula is C69H72O35. The van der Waals surface area contributed by atoms with Crippen LogP contribution < -0.4 is 18.9 Å². The van der Waals surface area contributed by atoms with E-state index in [4.69, 9.17) is 66.7 Å². The highest BCUT2D eigenvalue weighted by atomic mass is 16.7. The standard InChI is InChI=1S/C69H72O35/c70-34-11-1-30(2-12-34)7-18-49(76)92-26-44-53(80)57(84)61(88)66(101-44)96-36-15-5-32(6-16-36)9-20-51(78)94-28-46-55(82)59(86)63(90)68(103-46)99-42-21-33(10-17-39(42)72)65-43(100-69-64(91)60(87)56(83)47(104-69)29-95-52(79)25-48(74)75)24-38-40(73)22-37(23-41(38)98-65)97-67-62(89)58(85)54(81)45(102-67)27-93-50(77)19-8-31-3-13-35(71)14-4-31/h1-23,44-47,53-64,66-73,80-91H,24-29H2,(H,74,75)/t44-,45-,46-,47-,53-,54-,55-,56-,57+,58+,59+,60+,61-,62-,63-,64-,66-,67-,68-,69-/m1/s1. The minimum Gasteiger partial charge on any atom is -0.508 e. The van der Waals surface area contributed by atoms with Crippen LogP contribution in [0.5, 0.6) is 46.0 Å². The highest BCUT2D eigenvalue weighted by Crippen LogP contribution is 2.45. The number of carboxylic acid groups (broad SMARTS) is 1. The van der Waals surface area contributed by atoms with Crippen LogP contribution in [0.3, 0.4) is 0 Å². The largest absolute Gasteiger partial charge is 0.508 e. The number of rotatable bonds is 25. The van der Waals surface area contributed by atoms with Crippen molar-refractivity contribution < 1.29 is 172 Å². The predicted octanol–water partition coefficient (Wildman–Crippen LogP) is -2.02. The lowest BCUT2D eigenvalue weighted by molar-refractivity contribution is -0.292. The molecule has 5 aliphatic rings. The molecule has 0 aromatic heterocycles. The molecule has 20 atom stereocenters. The number of aliphatic hydroxyl groups is 12. The SMILES string of the molecule is O=C(O)CC(=O)OC[C@H]1O[C@@H](OC2=C(c3ccc(O)c(O[C@@H]4O[C@H](COC(=O)C=Cc5ccc(O[C@@H]6O[C@H](COC(=O)C=Cc7ccc(O)cc7)[C@@H](O)[C@H](O)[C@H]6O)cc5)[C@@H](O)[C@H](O)[C@H]4O)c3)Oc3cc(O[C@@H]4O[C@H](COC(=O)C=Cc5ccc(O)cc5)[C@@H](O)[C@H](O)[C@H]4O)cc(O)c3C2)[C@H](O)[C@@H](O)[C@@H]1O. The van der Waals surface area contributed by atoms with Crippen molar-refractivity contribution in [3.63, 3.8) is 0 Å². The van der Waals surface area contributed by atoms with Gasteiger partial charge in [-0.2, -0.15) is 0 Å². The van der Waals surface area contributed by atoms with Crippen LogP contribution >= 0.6 is 0 Å². The Morgan fingerprint density at radius 2 is 0.788 bits per heavy atom. The van der Waals surface area contributed by atoms with Crippen molar-refractivity contribution in [2.45, 2.75) is 136 Å². The molecule has 558 valence electrons. The van der Waals surface area contributed by atoms with Gasteiger partial charge in [0.2, 0.25) is 25.2 Å². The fourth-order valence-electron chi connectivity index (χ4n) is 10.9. The molecule has 4 saturated heterocycles. The van der Waals surface area contributed by atoms with E-state index in [1.807, 2.05) is 0 Å². The topological polar surface area (TPSA) is 549 Å². The van der Waals surface area contributed by atoms with Crippen LogP contribution in [-0.4, -0.2) is 266 Å². The molecule has 0 amide bonds. The number of hydrogen-bond acceptors (Lipinski definition) is 34. The van der Waals surface area contributed by atoms with Gasteiger partial charge in [-0.05, 0) is 89.5 Å². The lowest BCUT2D eigenvalue weighted by atomic mass is 9.98. The lowest BCUT2D eigenvalue weighted by Gasteiger charge is -2.41. The van der Waals surface area contributed by atoms with E-state index >= 15 is 0 Å². The minimum absolute atomic E-state index is 0.0157. The Morgan fingerprint density at radius 3 is 1.21 bits per heavy atom. The van der Waals surface area contributed by atoms with Crippen molar-refractivity contribution in [2.24, 2.45) is 0 Å². The number of hydrogen-bond donors (Lipinski definition) is 17. The molecule has 35 heteroatoms. The van der Waals surface area contributed by atoms with Gasteiger partial charge in [0.05, 0.1) is 0 Å². The summed E-state index contributed by atoms with van der Waals surface area (Å²) in [6, 6.07) is 22.9. The van der Waals surface area contributed by atoms with E-state index in [0.717, 1.165) is 42.5 Å². The molecule has 10 rings (SSSR count). The molecule has 0 unspecified atom stereocenters. The summed E-state index contributed by atoms with van der Waals surface area (Å²) in [4.78, 5) is 61.4. The third kappa shape index (κ3) is 19.0. The summed E-state index contributed by atoms with van der Waals surface area (Å²) in [5.41, 5.74) is 1.22. The van der Waals surface area contributed by atoms with Crippen LogP contribution in [0, 0.1) is 0 Å². The number of benzene rings is 5. The number of aliphatic hydroxyl groups excluding tert-OH is 12. The minimum atomic E-state index is -2.11. The zero-order valence-corrected chi connectivity index (χ0v) is 54.0. The quantitative estimate of drug-likeness (QED) is 0.0130. The smallest absolute Gasteiger partial charge is 0.330 e. The van der Waals surface area contributed by atoms with Crippen molar-refractivity contribution in [1.82, 2.24) is 0 Å². The Labute approximate surface area is 587 Å². The second kappa shape index (κ2) is 34.1. The molecule has 5 aliphatic heterocycles. The van der Waals surface area contributed by atoms with Gasteiger partial charge in [-0.25, -0.2) is 14.4 Å². The maximum Gasteiger partial charge on any atom is 0.330 e. The average Bonchev–Trinajstić information content (AvgIpc) is 0.781. The number of allylic oxidation sites excluding steroid dienone is 1. The van der Waals surface area contributed by atoms with Gasteiger partial charge in [0, 0.05) is 47.9 Å². The molecule has 5 heterocycles. The molecule has 0 spiro atoms. The van der Waals surface area contributed by atoms with E-state index in [1.54, 1.807) is 12.1 Å². The van der Waals surface area contributed by atoms with Crippen LogP contribution in [0.2, 0.25) is 0 Å². The zero-order chi connectivity index (χ0) is 74.8. The third-order valence-corrected chi connectivity index (χ3v) is 16.6. The van der Waals surface area contributed by atoms with E-state index in [2.05, 4.69) is 0 Å². The molecule has 5 aromatic rings. The van der Waals surface area contributed by atoms with Crippen LogP contribution in [-0.2, 0) is 73.0 Å². The number of aliphatic carboxylic acids is 1. The Bertz CT molecular complexity index is 3950. The average molecular weight is 1460 g/mol. The normalized spacial score (nSPS) is 29.8. The Kier molecular flexibility index (Phi) is 25.1. The molecule has 17 N–H and O–H groups in total. The maximum atomic E-state index is 13.1. The molecule has 4 fully saturated rings. The summed E-state index contributed by atoms with van der Waals surface area (Å²) in [5.74, 6) is -8.71. The fourth-order valence-corrected chi connectivity index (χ4v) is 10.9. The molecular weight excluding hydrogens is 1390 g/mol. The second-order valence-corrected chi connectivity index (χ2v) is 24.1. The number of phenols is 4. The van der Waals surface area contributed by atoms with Gasteiger partial charge in [0.1, 0.15) is 171 Å². The van der Waals surface area contributed by atoms with Crippen molar-refractivity contribution in [2.75, 3.05) is 26.4 Å². The number of aromatic hydroxyl groups is 4. The van der Waals surface area contributed by atoms with Gasteiger partial charge in [0.25, 0.3) is 0 Å².